The summed E-state index contributed by atoms with van der Waals surface area (Å²) < 4.78 is 0. The van der Waals surface area contributed by atoms with Gasteiger partial charge >= 0.3 is 0 Å². The summed E-state index contributed by atoms with van der Waals surface area (Å²) in [5.74, 6) is -0.413. The molecule has 1 aliphatic heterocycles. The minimum Gasteiger partial charge on any atom is -0.369 e. The standard InChI is InChI=1S/C14H18N2O2S/c1-19-12-4-2-3-10(7-12)8-16-9-11(14(15)18)5-6-13(16)17/h2-4,7,11H,5-6,8-9H2,1H3,(H2,15,18)/t11-/m1/s1. The first kappa shape index (κ1) is 13.9. The molecule has 0 saturated carbocycles. The van der Waals surface area contributed by atoms with Gasteiger partial charge in [0.2, 0.25) is 11.8 Å². The Morgan fingerprint density at radius 1 is 1.53 bits per heavy atom. The lowest BCUT2D eigenvalue weighted by molar-refractivity contribution is -0.138. The third-order valence-electron chi connectivity index (χ3n) is 3.41. The lowest BCUT2D eigenvalue weighted by Crippen LogP contribution is -2.43. The highest BCUT2D eigenvalue weighted by Crippen LogP contribution is 2.21. The number of piperidine rings is 1. The number of carbonyl (C=O) groups is 2. The molecule has 102 valence electrons. The van der Waals surface area contributed by atoms with Crippen LogP contribution in [-0.4, -0.2) is 29.5 Å². The fraction of sp³-hybridized carbons (Fsp3) is 0.429. The molecule has 1 heterocycles. The number of nitrogens with zero attached hydrogens (tertiary/aromatic N) is 1. The summed E-state index contributed by atoms with van der Waals surface area (Å²) in [6, 6.07) is 8.10. The maximum absolute atomic E-state index is 11.9. The molecule has 1 fully saturated rings. The minimum absolute atomic E-state index is 0.104. The Labute approximate surface area is 117 Å². The molecule has 0 bridgehead atoms. The highest BCUT2D eigenvalue weighted by Gasteiger charge is 2.28. The Balaban J connectivity index is 2.07. The zero-order valence-corrected chi connectivity index (χ0v) is 11.8. The quantitative estimate of drug-likeness (QED) is 0.851. The molecule has 5 heteroatoms. The second-order valence-electron chi connectivity index (χ2n) is 4.76. The van der Waals surface area contributed by atoms with Crippen molar-refractivity contribution in [3.63, 3.8) is 0 Å². The molecule has 2 N–H and O–H groups in total. The number of amides is 2. The fourth-order valence-corrected chi connectivity index (χ4v) is 2.77. The molecule has 1 aliphatic rings. The first-order valence-corrected chi connectivity index (χ1v) is 7.52. The van der Waals surface area contributed by atoms with Gasteiger partial charge in [-0.05, 0) is 30.4 Å². The summed E-state index contributed by atoms with van der Waals surface area (Å²) in [5.41, 5.74) is 6.42. The Morgan fingerprint density at radius 2 is 2.32 bits per heavy atom. The predicted octanol–water partition coefficient (Wildman–Crippen LogP) is 1.63. The second kappa shape index (κ2) is 6.10. The van der Waals surface area contributed by atoms with Crippen LogP contribution in [0.25, 0.3) is 0 Å². The van der Waals surface area contributed by atoms with Crippen LogP contribution in [0.1, 0.15) is 18.4 Å². The van der Waals surface area contributed by atoms with Crippen LogP contribution < -0.4 is 5.73 Å². The maximum Gasteiger partial charge on any atom is 0.222 e. The van der Waals surface area contributed by atoms with Crippen molar-refractivity contribution in [2.75, 3.05) is 12.8 Å². The molecule has 0 aliphatic carbocycles. The number of rotatable bonds is 4. The first-order valence-electron chi connectivity index (χ1n) is 6.30. The summed E-state index contributed by atoms with van der Waals surface area (Å²) in [4.78, 5) is 26.0. The van der Waals surface area contributed by atoms with Crippen LogP contribution in [-0.2, 0) is 16.1 Å². The van der Waals surface area contributed by atoms with Gasteiger partial charge < -0.3 is 10.6 Å². The van der Waals surface area contributed by atoms with Crippen LogP contribution in [0.4, 0.5) is 0 Å². The van der Waals surface area contributed by atoms with Crippen molar-refractivity contribution in [3.05, 3.63) is 29.8 Å². The third-order valence-corrected chi connectivity index (χ3v) is 4.14. The molecular formula is C14H18N2O2S. The maximum atomic E-state index is 11.9. The minimum atomic E-state index is -0.310. The molecule has 4 nitrogen and oxygen atoms in total. The topological polar surface area (TPSA) is 63.4 Å². The van der Waals surface area contributed by atoms with Crippen molar-refractivity contribution in [2.24, 2.45) is 11.7 Å². The van der Waals surface area contributed by atoms with Gasteiger partial charge in [-0.2, -0.15) is 0 Å². The van der Waals surface area contributed by atoms with Crippen molar-refractivity contribution in [1.29, 1.82) is 0 Å². The highest BCUT2D eigenvalue weighted by atomic mass is 32.2. The van der Waals surface area contributed by atoms with Crippen LogP contribution in [0, 0.1) is 5.92 Å². The smallest absolute Gasteiger partial charge is 0.222 e. The van der Waals surface area contributed by atoms with Gasteiger partial charge in [-0.3, -0.25) is 9.59 Å². The number of carbonyl (C=O) groups excluding carboxylic acids is 2. The molecule has 19 heavy (non-hydrogen) atoms. The van der Waals surface area contributed by atoms with Crippen molar-refractivity contribution < 1.29 is 9.59 Å². The fourth-order valence-electron chi connectivity index (χ4n) is 2.29. The first-order chi connectivity index (χ1) is 9.10. The number of thioether (sulfide) groups is 1. The monoisotopic (exact) mass is 278 g/mol. The largest absolute Gasteiger partial charge is 0.369 e. The Bertz CT molecular complexity index is 490. The van der Waals surface area contributed by atoms with E-state index in [4.69, 9.17) is 5.73 Å². The summed E-state index contributed by atoms with van der Waals surface area (Å²) >= 11 is 1.67. The SMILES string of the molecule is CSc1cccc(CN2C[C@H](C(N)=O)CCC2=O)c1. The summed E-state index contributed by atoms with van der Waals surface area (Å²) in [5, 5.41) is 0. The van der Waals surface area contributed by atoms with E-state index in [1.54, 1.807) is 16.7 Å². The number of likely N-dealkylation sites (tertiary alicyclic amines) is 1. The average Bonchev–Trinajstić information content (AvgIpc) is 2.41. The molecule has 1 aromatic rings. The molecule has 1 saturated heterocycles. The lowest BCUT2D eigenvalue weighted by atomic mass is 9.96. The van der Waals surface area contributed by atoms with Crippen molar-refractivity contribution in [3.8, 4) is 0 Å². The highest BCUT2D eigenvalue weighted by molar-refractivity contribution is 7.98. The molecule has 0 radical (unpaired) electrons. The van der Waals surface area contributed by atoms with Gasteiger partial charge in [-0.15, -0.1) is 11.8 Å². The summed E-state index contributed by atoms with van der Waals surface area (Å²) in [7, 11) is 0. The Hall–Kier alpha value is -1.49. The number of primary amides is 1. The van der Waals surface area contributed by atoms with E-state index in [2.05, 4.69) is 6.07 Å². The van der Waals surface area contributed by atoms with Crippen LogP contribution in [0.15, 0.2) is 29.2 Å². The van der Waals surface area contributed by atoms with E-state index in [9.17, 15) is 9.59 Å². The van der Waals surface area contributed by atoms with E-state index in [0.29, 0.717) is 25.9 Å². The van der Waals surface area contributed by atoms with E-state index in [-0.39, 0.29) is 17.7 Å². The molecule has 2 rings (SSSR count). The van der Waals surface area contributed by atoms with Gasteiger partial charge in [0.15, 0.2) is 0 Å². The van der Waals surface area contributed by atoms with E-state index >= 15 is 0 Å². The molecular weight excluding hydrogens is 260 g/mol. The van der Waals surface area contributed by atoms with Gasteiger partial charge in [0.25, 0.3) is 0 Å². The number of benzene rings is 1. The van der Waals surface area contributed by atoms with Crippen LogP contribution >= 0.6 is 11.8 Å². The second-order valence-corrected chi connectivity index (χ2v) is 5.64. The Kier molecular flexibility index (Phi) is 4.47. The van der Waals surface area contributed by atoms with Crippen molar-refractivity contribution >= 4 is 23.6 Å². The summed E-state index contributed by atoms with van der Waals surface area (Å²) in [6.45, 7) is 0.995. The molecule has 2 amide bonds. The van der Waals surface area contributed by atoms with Gasteiger partial charge in [-0.25, -0.2) is 0 Å². The number of hydrogen-bond acceptors (Lipinski definition) is 3. The van der Waals surface area contributed by atoms with Crippen molar-refractivity contribution in [2.45, 2.75) is 24.3 Å². The molecule has 0 aromatic heterocycles. The molecule has 0 unspecified atom stereocenters. The van der Waals surface area contributed by atoms with E-state index in [1.807, 2.05) is 24.5 Å². The van der Waals surface area contributed by atoms with E-state index < -0.39 is 0 Å². The lowest BCUT2D eigenvalue weighted by Gasteiger charge is -2.31. The van der Waals surface area contributed by atoms with Gasteiger partial charge in [-0.1, -0.05) is 12.1 Å². The van der Waals surface area contributed by atoms with Crippen LogP contribution in [0.5, 0.6) is 0 Å². The van der Waals surface area contributed by atoms with Gasteiger partial charge in [0, 0.05) is 24.4 Å². The molecule has 1 atom stereocenters. The zero-order valence-electron chi connectivity index (χ0n) is 11.0. The third kappa shape index (κ3) is 3.50. The summed E-state index contributed by atoms with van der Waals surface area (Å²) in [6.07, 6.45) is 3.01. The van der Waals surface area contributed by atoms with Gasteiger partial charge in [0.1, 0.15) is 0 Å². The van der Waals surface area contributed by atoms with Crippen LogP contribution in [0.2, 0.25) is 0 Å². The number of nitrogens with two attached hydrogens (primary N) is 1. The molecule has 0 spiro atoms. The van der Waals surface area contributed by atoms with Crippen molar-refractivity contribution in [1.82, 2.24) is 4.90 Å². The predicted molar refractivity (Wildman–Crippen MR) is 75.6 cm³/mol. The van der Waals surface area contributed by atoms with E-state index in [0.717, 1.165) is 5.56 Å². The Morgan fingerprint density at radius 3 is 3.00 bits per heavy atom. The van der Waals surface area contributed by atoms with E-state index in [1.165, 1.54) is 4.90 Å². The normalized spacial score (nSPS) is 19.5. The van der Waals surface area contributed by atoms with Crippen LogP contribution in [0.3, 0.4) is 0 Å². The zero-order chi connectivity index (χ0) is 13.8. The van der Waals surface area contributed by atoms with Gasteiger partial charge in [0.05, 0.1) is 5.92 Å². The number of hydrogen-bond donors (Lipinski definition) is 1. The molecule has 1 aromatic carbocycles. The average molecular weight is 278 g/mol.